The van der Waals surface area contributed by atoms with Crippen molar-refractivity contribution in [2.24, 2.45) is 5.50 Å². The Labute approximate surface area is 90.2 Å². The summed E-state index contributed by atoms with van der Waals surface area (Å²) in [6, 6.07) is 0. The highest BCUT2D eigenvalue weighted by atomic mass is 32.9. The van der Waals surface area contributed by atoms with E-state index in [1.165, 1.54) is 0 Å². The zero-order valence-electron chi connectivity index (χ0n) is 8.23. The molecular weight excluding hydrogens is 221 g/mol. The third-order valence-corrected chi connectivity index (χ3v) is 6.39. The molecule has 0 aliphatic carbocycles. The first-order valence-electron chi connectivity index (χ1n) is 4.34. The molecule has 2 unspecified atom stereocenters. The molecule has 0 saturated heterocycles. The van der Waals surface area contributed by atoms with Crippen LogP contribution < -0.4 is 5.50 Å². The SMILES string of the molecule is C=CCCOP(N)(=S)SC(C)CC. The van der Waals surface area contributed by atoms with Crippen molar-refractivity contribution in [3.8, 4) is 0 Å². The number of rotatable bonds is 7. The van der Waals surface area contributed by atoms with Gasteiger partial charge in [-0.25, -0.2) is 0 Å². The highest BCUT2D eigenvalue weighted by Crippen LogP contribution is 2.55. The van der Waals surface area contributed by atoms with Gasteiger partial charge in [0, 0.05) is 5.25 Å². The topological polar surface area (TPSA) is 35.2 Å². The Bertz CT molecular complexity index is 199. The Hall–Kier alpha value is 0.660. The molecule has 0 amide bonds. The molecular formula is C8H18NOPS2. The third-order valence-electron chi connectivity index (χ3n) is 1.49. The first-order chi connectivity index (χ1) is 6.02. The first-order valence-corrected chi connectivity index (χ1v) is 8.61. The molecule has 2 atom stereocenters. The van der Waals surface area contributed by atoms with Crippen LogP contribution in [0.4, 0.5) is 0 Å². The average Bonchev–Trinajstić information content (AvgIpc) is 2.03. The molecule has 0 saturated carbocycles. The highest BCUT2D eigenvalue weighted by Gasteiger charge is 2.15. The van der Waals surface area contributed by atoms with Gasteiger partial charge in [0.2, 0.25) is 0 Å². The fourth-order valence-electron chi connectivity index (χ4n) is 0.619. The predicted octanol–water partition coefficient (Wildman–Crippen LogP) is 3.29. The summed E-state index contributed by atoms with van der Waals surface area (Å²) in [5.74, 6) is 0. The summed E-state index contributed by atoms with van der Waals surface area (Å²) >= 11 is 6.79. The van der Waals surface area contributed by atoms with Crippen molar-refractivity contribution in [2.75, 3.05) is 6.61 Å². The van der Waals surface area contributed by atoms with Crippen LogP contribution in [0, 0.1) is 0 Å². The number of hydrogen-bond acceptors (Lipinski definition) is 3. The second kappa shape index (κ2) is 7.02. The Morgan fingerprint density at radius 1 is 1.77 bits per heavy atom. The lowest BCUT2D eigenvalue weighted by Crippen LogP contribution is -2.02. The lowest BCUT2D eigenvalue weighted by molar-refractivity contribution is 0.367. The van der Waals surface area contributed by atoms with Crippen LogP contribution in [-0.2, 0) is 16.3 Å². The largest absolute Gasteiger partial charge is 0.330 e. The van der Waals surface area contributed by atoms with Gasteiger partial charge in [-0.1, -0.05) is 31.3 Å². The Kier molecular flexibility index (Phi) is 7.37. The summed E-state index contributed by atoms with van der Waals surface area (Å²) in [4.78, 5) is 0. The molecule has 0 fully saturated rings. The van der Waals surface area contributed by atoms with Gasteiger partial charge in [0.1, 0.15) is 0 Å². The standard InChI is InChI=1S/C8H18NOPS2/c1-4-6-7-10-11(9,12)13-8(3)5-2/h4,8H,1,5-7H2,2-3H3,(H2,9,12). The molecule has 0 aromatic rings. The van der Waals surface area contributed by atoms with Crippen molar-refractivity contribution >= 4 is 28.8 Å². The van der Waals surface area contributed by atoms with E-state index in [4.69, 9.17) is 21.8 Å². The van der Waals surface area contributed by atoms with Crippen LogP contribution in [0.1, 0.15) is 26.7 Å². The van der Waals surface area contributed by atoms with Crippen LogP contribution in [0.15, 0.2) is 12.7 Å². The van der Waals surface area contributed by atoms with Crippen LogP contribution in [-0.4, -0.2) is 11.9 Å². The van der Waals surface area contributed by atoms with E-state index in [1.807, 2.05) is 6.08 Å². The lowest BCUT2D eigenvalue weighted by Gasteiger charge is -2.19. The van der Waals surface area contributed by atoms with Gasteiger partial charge in [-0.3, -0.25) is 5.50 Å². The quantitative estimate of drug-likeness (QED) is 0.420. The maximum Gasteiger partial charge on any atom is 0.183 e. The Morgan fingerprint density at radius 3 is 2.85 bits per heavy atom. The van der Waals surface area contributed by atoms with Crippen LogP contribution in [0.25, 0.3) is 0 Å². The van der Waals surface area contributed by atoms with E-state index in [9.17, 15) is 0 Å². The van der Waals surface area contributed by atoms with E-state index >= 15 is 0 Å². The van der Waals surface area contributed by atoms with Crippen LogP contribution in [0.2, 0.25) is 0 Å². The lowest BCUT2D eigenvalue weighted by atomic mass is 10.4. The van der Waals surface area contributed by atoms with E-state index in [-0.39, 0.29) is 0 Å². The third kappa shape index (κ3) is 7.71. The van der Waals surface area contributed by atoms with Crippen molar-refractivity contribution in [2.45, 2.75) is 31.9 Å². The first kappa shape index (κ1) is 13.7. The molecule has 5 heteroatoms. The second-order valence-electron chi connectivity index (χ2n) is 2.77. The number of nitrogens with two attached hydrogens (primary N) is 1. The summed E-state index contributed by atoms with van der Waals surface area (Å²) in [5, 5.41) is 0.486. The average molecular weight is 239 g/mol. The van der Waals surface area contributed by atoms with E-state index in [0.29, 0.717) is 11.9 Å². The van der Waals surface area contributed by atoms with Gasteiger partial charge in [0.15, 0.2) is 5.62 Å². The molecule has 0 aromatic carbocycles. The molecule has 13 heavy (non-hydrogen) atoms. The van der Waals surface area contributed by atoms with E-state index in [2.05, 4.69) is 20.4 Å². The molecule has 2 N–H and O–H groups in total. The molecule has 0 heterocycles. The van der Waals surface area contributed by atoms with Crippen LogP contribution >= 0.6 is 17.0 Å². The van der Waals surface area contributed by atoms with Gasteiger partial charge in [0.25, 0.3) is 0 Å². The van der Waals surface area contributed by atoms with Gasteiger partial charge in [0.05, 0.1) is 6.61 Å². The summed E-state index contributed by atoms with van der Waals surface area (Å²) in [5.41, 5.74) is 3.77. The summed E-state index contributed by atoms with van der Waals surface area (Å²) in [6.07, 6.45) is 3.70. The van der Waals surface area contributed by atoms with Crippen molar-refractivity contribution in [1.82, 2.24) is 0 Å². The van der Waals surface area contributed by atoms with Crippen LogP contribution in [0.5, 0.6) is 0 Å². The molecule has 0 aliphatic rings. The Morgan fingerprint density at radius 2 is 2.38 bits per heavy atom. The maximum atomic E-state index is 5.87. The zero-order chi connectivity index (χ0) is 10.3. The highest BCUT2D eigenvalue weighted by molar-refractivity contribution is 8.68. The minimum atomic E-state index is -2.09. The van der Waals surface area contributed by atoms with E-state index < -0.39 is 5.62 Å². The molecule has 0 rings (SSSR count). The van der Waals surface area contributed by atoms with Gasteiger partial charge < -0.3 is 4.52 Å². The second-order valence-corrected chi connectivity index (χ2v) is 9.71. The molecule has 0 aromatic heterocycles. The summed E-state index contributed by atoms with van der Waals surface area (Å²) < 4.78 is 5.44. The molecule has 78 valence electrons. The Balaban J connectivity index is 3.79. The van der Waals surface area contributed by atoms with Crippen molar-refractivity contribution < 1.29 is 4.52 Å². The van der Waals surface area contributed by atoms with Crippen molar-refractivity contribution in [3.05, 3.63) is 12.7 Å². The van der Waals surface area contributed by atoms with E-state index in [1.54, 1.807) is 11.4 Å². The monoisotopic (exact) mass is 239 g/mol. The molecule has 0 aliphatic heterocycles. The zero-order valence-corrected chi connectivity index (χ0v) is 10.8. The van der Waals surface area contributed by atoms with Gasteiger partial charge >= 0.3 is 0 Å². The maximum absolute atomic E-state index is 5.87. The fourth-order valence-corrected chi connectivity index (χ4v) is 5.59. The summed E-state index contributed by atoms with van der Waals surface area (Å²) in [7, 11) is 0. The molecule has 0 spiro atoms. The van der Waals surface area contributed by atoms with Crippen molar-refractivity contribution in [3.63, 3.8) is 0 Å². The molecule has 2 nitrogen and oxygen atoms in total. The minimum Gasteiger partial charge on any atom is -0.330 e. The normalized spacial score (nSPS) is 17.8. The smallest absolute Gasteiger partial charge is 0.183 e. The van der Waals surface area contributed by atoms with Crippen molar-refractivity contribution in [1.29, 1.82) is 0 Å². The van der Waals surface area contributed by atoms with Gasteiger partial charge in [-0.15, -0.1) is 6.58 Å². The minimum absolute atomic E-state index is 0.486. The molecule has 0 radical (unpaired) electrons. The van der Waals surface area contributed by atoms with Gasteiger partial charge in [-0.05, 0) is 24.6 Å². The van der Waals surface area contributed by atoms with E-state index in [0.717, 1.165) is 12.8 Å². The summed E-state index contributed by atoms with van der Waals surface area (Å²) in [6.45, 7) is 8.45. The predicted molar refractivity (Wildman–Crippen MR) is 66.6 cm³/mol. The molecule has 0 bridgehead atoms. The van der Waals surface area contributed by atoms with Gasteiger partial charge in [-0.2, -0.15) is 0 Å². The number of hydrogen-bond donors (Lipinski definition) is 1. The van der Waals surface area contributed by atoms with Crippen LogP contribution in [0.3, 0.4) is 0 Å². The fraction of sp³-hybridized carbons (Fsp3) is 0.750.